The van der Waals surface area contributed by atoms with Gasteiger partial charge in [0, 0.05) is 20.4 Å². The first-order chi connectivity index (χ1) is 13.7. The highest BCUT2D eigenvalue weighted by molar-refractivity contribution is 5.66. The largest absolute Gasteiger partial charge is 0.463 e. The van der Waals surface area contributed by atoms with Gasteiger partial charge < -0.3 is 18.9 Å². The van der Waals surface area contributed by atoms with Crippen molar-refractivity contribution in [2.45, 2.75) is 77.2 Å². The van der Waals surface area contributed by atoms with Crippen LogP contribution in [-0.2, 0) is 35.1 Å². The highest BCUT2D eigenvalue weighted by Gasteiger charge is 2.51. The lowest BCUT2D eigenvalue weighted by Gasteiger charge is -2.44. The Morgan fingerprint density at radius 1 is 1.14 bits per heavy atom. The fourth-order valence-electron chi connectivity index (χ4n) is 4.30. The second-order valence-electron chi connectivity index (χ2n) is 8.18. The van der Waals surface area contributed by atoms with E-state index in [0.29, 0.717) is 6.54 Å². The molecule has 0 N–H and O–H groups in total. The lowest BCUT2D eigenvalue weighted by atomic mass is 9.91. The molecule has 2 aliphatic rings. The van der Waals surface area contributed by atoms with Crippen LogP contribution in [0.3, 0.4) is 0 Å². The highest BCUT2D eigenvalue weighted by atomic mass is 16.8. The van der Waals surface area contributed by atoms with Crippen molar-refractivity contribution >= 4 is 11.9 Å². The molecule has 0 amide bonds. The standard InChI is InChI=1S/C22H31NO6/c1-15(24)26-14-19-21(29-22(3,4)28-19)20-18(27-16(2)25)11-8-12-23(20)13-17-9-6-5-7-10-17/h5-7,9-10,18-21H,8,11-14H2,1-4H3/t18-,19-,20+,21-/m1/s1. The average Bonchev–Trinajstić information content (AvgIpc) is 2.95. The van der Waals surface area contributed by atoms with Crippen LogP contribution in [0.1, 0.15) is 46.1 Å². The van der Waals surface area contributed by atoms with Crippen molar-refractivity contribution in [2.75, 3.05) is 13.2 Å². The molecular weight excluding hydrogens is 374 g/mol. The molecule has 2 saturated heterocycles. The number of rotatable bonds is 6. The van der Waals surface area contributed by atoms with E-state index in [1.54, 1.807) is 0 Å². The zero-order valence-corrected chi connectivity index (χ0v) is 17.6. The lowest BCUT2D eigenvalue weighted by Crippen LogP contribution is -2.58. The fourth-order valence-corrected chi connectivity index (χ4v) is 4.30. The predicted octanol–water partition coefficient (Wildman–Crippen LogP) is 2.67. The second-order valence-corrected chi connectivity index (χ2v) is 8.18. The number of hydrogen-bond donors (Lipinski definition) is 0. The molecule has 2 aliphatic heterocycles. The summed E-state index contributed by atoms with van der Waals surface area (Å²) in [7, 11) is 0. The molecule has 3 rings (SSSR count). The van der Waals surface area contributed by atoms with E-state index in [9.17, 15) is 9.59 Å². The molecule has 4 atom stereocenters. The van der Waals surface area contributed by atoms with Crippen LogP contribution >= 0.6 is 0 Å². The van der Waals surface area contributed by atoms with E-state index in [0.717, 1.165) is 19.4 Å². The molecule has 1 aromatic carbocycles. The van der Waals surface area contributed by atoms with E-state index in [-0.39, 0.29) is 30.7 Å². The first kappa shape index (κ1) is 21.7. The third-order valence-electron chi connectivity index (χ3n) is 5.29. The van der Waals surface area contributed by atoms with Crippen molar-refractivity contribution in [1.82, 2.24) is 4.90 Å². The Bertz CT molecular complexity index is 707. The SMILES string of the molecule is CC(=O)OC[C@H]1OC(C)(C)O[C@H]1[C@@H]1[C@H](OC(C)=O)CCCN1Cc1ccccc1. The topological polar surface area (TPSA) is 74.3 Å². The normalized spacial score (nSPS) is 29.4. The van der Waals surface area contributed by atoms with Gasteiger partial charge in [-0.25, -0.2) is 0 Å². The van der Waals surface area contributed by atoms with E-state index in [1.165, 1.54) is 19.4 Å². The van der Waals surface area contributed by atoms with Crippen molar-refractivity contribution in [3.8, 4) is 0 Å². The number of nitrogens with zero attached hydrogens (tertiary/aromatic N) is 1. The van der Waals surface area contributed by atoms with Crippen LogP contribution < -0.4 is 0 Å². The molecule has 0 saturated carbocycles. The second kappa shape index (κ2) is 9.24. The number of carbonyl (C=O) groups excluding carboxylic acids is 2. The van der Waals surface area contributed by atoms with Crippen LogP contribution in [0.25, 0.3) is 0 Å². The van der Waals surface area contributed by atoms with E-state index in [4.69, 9.17) is 18.9 Å². The zero-order chi connectivity index (χ0) is 21.0. The summed E-state index contributed by atoms with van der Waals surface area (Å²) in [6.45, 7) is 8.17. The van der Waals surface area contributed by atoms with Crippen LogP contribution in [0.5, 0.6) is 0 Å². The molecule has 160 valence electrons. The monoisotopic (exact) mass is 405 g/mol. The van der Waals surface area contributed by atoms with Gasteiger partial charge in [-0.2, -0.15) is 0 Å². The number of hydrogen-bond acceptors (Lipinski definition) is 7. The van der Waals surface area contributed by atoms with E-state index < -0.39 is 18.0 Å². The van der Waals surface area contributed by atoms with Crippen LogP contribution in [0, 0.1) is 0 Å². The molecule has 0 unspecified atom stereocenters. The van der Waals surface area contributed by atoms with Gasteiger partial charge >= 0.3 is 11.9 Å². The average molecular weight is 405 g/mol. The van der Waals surface area contributed by atoms with Crippen molar-refractivity contribution in [1.29, 1.82) is 0 Å². The van der Waals surface area contributed by atoms with Gasteiger partial charge in [0.25, 0.3) is 0 Å². The number of ether oxygens (including phenoxy) is 4. The minimum Gasteiger partial charge on any atom is -0.463 e. The molecule has 7 nitrogen and oxygen atoms in total. The van der Waals surface area contributed by atoms with Crippen molar-refractivity contribution in [3.63, 3.8) is 0 Å². The Hall–Kier alpha value is -1.96. The van der Waals surface area contributed by atoms with Crippen LogP contribution in [0.15, 0.2) is 30.3 Å². The van der Waals surface area contributed by atoms with Gasteiger partial charge in [-0.1, -0.05) is 30.3 Å². The van der Waals surface area contributed by atoms with Gasteiger partial charge in [0.2, 0.25) is 0 Å². The zero-order valence-electron chi connectivity index (χ0n) is 17.6. The molecular formula is C22H31NO6. The number of benzene rings is 1. The van der Waals surface area contributed by atoms with Gasteiger partial charge in [-0.15, -0.1) is 0 Å². The summed E-state index contributed by atoms with van der Waals surface area (Å²) >= 11 is 0. The Labute approximate surface area is 172 Å². The van der Waals surface area contributed by atoms with E-state index >= 15 is 0 Å². The number of piperidine rings is 1. The number of carbonyl (C=O) groups is 2. The van der Waals surface area contributed by atoms with Crippen LogP contribution in [-0.4, -0.2) is 60.1 Å². The molecule has 2 heterocycles. The molecule has 0 aromatic heterocycles. The maximum absolute atomic E-state index is 11.8. The van der Waals surface area contributed by atoms with Crippen molar-refractivity contribution in [3.05, 3.63) is 35.9 Å². The minimum absolute atomic E-state index is 0.103. The van der Waals surface area contributed by atoms with Gasteiger partial charge in [0.05, 0.1) is 6.04 Å². The van der Waals surface area contributed by atoms with Gasteiger partial charge in [0.15, 0.2) is 5.79 Å². The Balaban J connectivity index is 1.87. The summed E-state index contributed by atoms with van der Waals surface area (Å²) in [5.41, 5.74) is 1.18. The van der Waals surface area contributed by atoms with E-state index in [1.807, 2.05) is 32.0 Å². The lowest BCUT2D eigenvalue weighted by molar-refractivity contribution is -0.171. The van der Waals surface area contributed by atoms with Crippen molar-refractivity contribution in [2.24, 2.45) is 0 Å². The van der Waals surface area contributed by atoms with Crippen molar-refractivity contribution < 1.29 is 28.5 Å². The van der Waals surface area contributed by atoms with Gasteiger partial charge in [-0.05, 0) is 38.8 Å². The van der Waals surface area contributed by atoms with Crippen LogP contribution in [0.4, 0.5) is 0 Å². The summed E-state index contributed by atoms with van der Waals surface area (Å²) in [4.78, 5) is 25.4. The summed E-state index contributed by atoms with van der Waals surface area (Å²) in [6, 6.07) is 9.98. The molecule has 0 bridgehead atoms. The Morgan fingerprint density at radius 3 is 2.52 bits per heavy atom. The fraction of sp³-hybridized carbons (Fsp3) is 0.636. The predicted molar refractivity (Wildman–Crippen MR) is 106 cm³/mol. The molecule has 7 heteroatoms. The smallest absolute Gasteiger partial charge is 0.302 e. The number of esters is 2. The van der Waals surface area contributed by atoms with Gasteiger partial charge in [0.1, 0.15) is 24.9 Å². The number of likely N-dealkylation sites (tertiary alicyclic amines) is 1. The molecule has 0 radical (unpaired) electrons. The summed E-state index contributed by atoms with van der Waals surface area (Å²) < 4.78 is 23.3. The maximum Gasteiger partial charge on any atom is 0.302 e. The first-order valence-corrected chi connectivity index (χ1v) is 10.2. The molecule has 0 aliphatic carbocycles. The summed E-state index contributed by atoms with van der Waals surface area (Å²) in [5.74, 6) is -1.48. The maximum atomic E-state index is 11.8. The minimum atomic E-state index is -0.813. The third-order valence-corrected chi connectivity index (χ3v) is 5.29. The summed E-state index contributed by atoms with van der Waals surface area (Å²) in [6.07, 6.45) is 0.543. The van der Waals surface area contributed by atoms with Crippen LogP contribution in [0.2, 0.25) is 0 Å². The molecule has 1 aromatic rings. The molecule has 2 fully saturated rings. The Kier molecular flexibility index (Phi) is 6.93. The quantitative estimate of drug-likeness (QED) is 0.674. The molecule has 29 heavy (non-hydrogen) atoms. The molecule has 0 spiro atoms. The first-order valence-electron chi connectivity index (χ1n) is 10.2. The van der Waals surface area contributed by atoms with E-state index in [2.05, 4.69) is 17.0 Å². The highest BCUT2D eigenvalue weighted by Crippen LogP contribution is 2.36. The third kappa shape index (κ3) is 5.78. The van der Waals surface area contributed by atoms with Gasteiger partial charge in [-0.3, -0.25) is 14.5 Å². The summed E-state index contributed by atoms with van der Waals surface area (Å²) in [5, 5.41) is 0. The Morgan fingerprint density at radius 2 is 1.86 bits per heavy atom.